The third-order valence-corrected chi connectivity index (χ3v) is 4.90. The van der Waals surface area contributed by atoms with Gasteiger partial charge in [0.15, 0.2) is 23.0 Å². The van der Waals surface area contributed by atoms with Crippen LogP contribution in [0, 0.1) is 23.7 Å². The van der Waals surface area contributed by atoms with Gasteiger partial charge in [-0.3, -0.25) is 0 Å². The minimum atomic E-state index is -0.396. The van der Waals surface area contributed by atoms with E-state index in [1.54, 1.807) is 77.0 Å². The maximum atomic E-state index is 11.6. The first-order valence-corrected chi connectivity index (χ1v) is 10.2. The molecule has 172 valence electrons. The Morgan fingerprint density at radius 2 is 1.03 bits per heavy atom. The molecule has 0 N–H and O–H groups in total. The van der Waals surface area contributed by atoms with Gasteiger partial charge in [-0.25, -0.2) is 4.79 Å². The topological polar surface area (TPSA) is 63.2 Å². The fraction of sp³-hybridized carbons (Fsp3) is 0.179. The molecule has 0 radical (unpaired) electrons. The van der Waals surface area contributed by atoms with Crippen molar-refractivity contribution < 1.29 is 28.5 Å². The molecule has 0 bridgehead atoms. The Labute approximate surface area is 199 Å². The molecule has 0 atom stereocenters. The molecule has 0 unspecified atom stereocenters. The highest BCUT2D eigenvalue weighted by atomic mass is 16.5. The molecule has 3 aromatic rings. The van der Waals surface area contributed by atoms with Crippen LogP contribution in [-0.4, -0.2) is 41.5 Å². The Balaban J connectivity index is 2.02. The maximum Gasteiger partial charge on any atom is 0.337 e. The summed E-state index contributed by atoms with van der Waals surface area (Å²) in [5, 5.41) is 0. The summed E-state index contributed by atoms with van der Waals surface area (Å²) in [6, 6.07) is 15.9. The highest BCUT2D eigenvalue weighted by Crippen LogP contribution is 2.30. The van der Waals surface area contributed by atoms with Gasteiger partial charge >= 0.3 is 5.97 Å². The van der Waals surface area contributed by atoms with Crippen molar-refractivity contribution in [2.24, 2.45) is 0 Å². The highest BCUT2D eigenvalue weighted by Gasteiger charge is 2.09. The highest BCUT2D eigenvalue weighted by molar-refractivity contribution is 5.89. The zero-order chi connectivity index (χ0) is 24.5. The number of carbonyl (C=O) groups is 1. The second-order valence-corrected chi connectivity index (χ2v) is 6.89. The number of esters is 1. The molecule has 6 nitrogen and oxygen atoms in total. The fourth-order valence-corrected chi connectivity index (χ4v) is 3.09. The van der Waals surface area contributed by atoms with Gasteiger partial charge in [-0.1, -0.05) is 23.7 Å². The molecule has 34 heavy (non-hydrogen) atoms. The Morgan fingerprint density at radius 1 is 0.559 bits per heavy atom. The van der Waals surface area contributed by atoms with Gasteiger partial charge in [0.05, 0.1) is 41.1 Å². The molecule has 3 aromatic carbocycles. The van der Waals surface area contributed by atoms with E-state index >= 15 is 0 Å². The van der Waals surface area contributed by atoms with E-state index in [2.05, 4.69) is 23.7 Å². The van der Waals surface area contributed by atoms with Gasteiger partial charge in [0.2, 0.25) is 0 Å². The van der Waals surface area contributed by atoms with Gasteiger partial charge in [0.1, 0.15) is 0 Å². The maximum absolute atomic E-state index is 11.6. The quantitative estimate of drug-likeness (QED) is 0.421. The minimum absolute atomic E-state index is 0.396. The van der Waals surface area contributed by atoms with Crippen molar-refractivity contribution in [3.05, 3.63) is 82.4 Å². The number of methoxy groups -OCH3 is 5. The van der Waals surface area contributed by atoms with E-state index < -0.39 is 5.97 Å². The molecular weight excluding hydrogens is 432 g/mol. The largest absolute Gasteiger partial charge is 0.493 e. The molecule has 0 aromatic heterocycles. The number of hydrogen-bond donors (Lipinski definition) is 0. The summed E-state index contributed by atoms with van der Waals surface area (Å²) in [6.07, 6.45) is 0. The Bertz CT molecular complexity index is 1300. The number of carbonyl (C=O) groups excluding carboxylic acids is 1. The SMILES string of the molecule is COC(=O)c1ccc(C#Cc2cc(OC)c(OC)cc2C#Cc2ccc(OC)c(OC)c2)cc1. The second kappa shape index (κ2) is 11.4. The van der Waals surface area contributed by atoms with Gasteiger partial charge < -0.3 is 23.7 Å². The lowest BCUT2D eigenvalue weighted by Crippen LogP contribution is -2.00. The van der Waals surface area contributed by atoms with Crippen LogP contribution in [0.25, 0.3) is 0 Å². The van der Waals surface area contributed by atoms with Crippen LogP contribution >= 0.6 is 0 Å². The van der Waals surface area contributed by atoms with Gasteiger partial charge in [0, 0.05) is 34.4 Å². The van der Waals surface area contributed by atoms with E-state index in [1.165, 1.54) is 7.11 Å². The van der Waals surface area contributed by atoms with Crippen LogP contribution in [0.15, 0.2) is 54.6 Å². The van der Waals surface area contributed by atoms with Crippen LogP contribution in [0.5, 0.6) is 23.0 Å². The summed E-state index contributed by atoms with van der Waals surface area (Å²) in [7, 11) is 7.64. The van der Waals surface area contributed by atoms with Crippen molar-refractivity contribution in [2.75, 3.05) is 35.5 Å². The number of rotatable bonds is 5. The summed E-state index contributed by atoms with van der Waals surface area (Å²) in [5.41, 5.74) is 3.29. The molecule has 0 aliphatic heterocycles. The molecule has 0 spiro atoms. The summed E-state index contributed by atoms with van der Waals surface area (Å²) in [4.78, 5) is 11.6. The average molecular weight is 456 g/mol. The minimum Gasteiger partial charge on any atom is -0.493 e. The summed E-state index contributed by atoms with van der Waals surface area (Å²) in [5.74, 6) is 14.5. The predicted molar refractivity (Wildman–Crippen MR) is 129 cm³/mol. The summed E-state index contributed by atoms with van der Waals surface area (Å²) >= 11 is 0. The zero-order valence-corrected chi connectivity index (χ0v) is 19.6. The van der Waals surface area contributed by atoms with Crippen LogP contribution in [-0.2, 0) is 4.74 Å². The van der Waals surface area contributed by atoms with Gasteiger partial charge in [-0.15, -0.1) is 0 Å². The van der Waals surface area contributed by atoms with Gasteiger partial charge in [-0.05, 0) is 42.5 Å². The molecule has 0 saturated heterocycles. The second-order valence-electron chi connectivity index (χ2n) is 6.89. The standard InChI is InChI=1S/C28H24O6/c1-30-24-15-10-20(16-25(24)31-2)9-14-23-18-27(33-4)26(32-3)17-22(23)13-8-19-6-11-21(12-7-19)28(29)34-5/h6-7,10-12,15-18H,1-5H3. The molecule has 0 saturated carbocycles. The van der Waals surface area contributed by atoms with E-state index in [-0.39, 0.29) is 0 Å². The summed E-state index contributed by atoms with van der Waals surface area (Å²) < 4.78 is 26.2. The lowest BCUT2D eigenvalue weighted by Gasteiger charge is -2.09. The summed E-state index contributed by atoms with van der Waals surface area (Å²) in [6.45, 7) is 0. The van der Waals surface area contributed by atoms with Crippen LogP contribution < -0.4 is 18.9 Å². The van der Waals surface area contributed by atoms with Crippen LogP contribution in [0.4, 0.5) is 0 Å². The van der Waals surface area contributed by atoms with Crippen molar-refractivity contribution >= 4 is 5.97 Å². The molecule has 0 aliphatic carbocycles. The number of hydrogen-bond acceptors (Lipinski definition) is 6. The Morgan fingerprint density at radius 3 is 1.53 bits per heavy atom. The van der Waals surface area contributed by atoms with Crippen molar-refractivity contribution in [2.45, 2.75) is 0 Å². The molecule has 3 rings (SSSR count). The molecule has 6 heteroatoms. The third-order valence-electron chi connectivity index (χ3n) is 4.90. The lowest BCUT2D eigenvalue weighted by molar-refractivity contribution is 0.0600. The van der Waals surface area contributed by atoms with Crippen molar-refractivity contribution in [1.29, 1.82) is 0 Å². The first-order chi connectivity index (χ1) is 16.5. The van der Waals surface area contributed by atoms with Crippen LogP contribution in [0.3, 0.4) is 0 Å². The number of ether oxygens (including phenoxy) is 5. The van der Waals surface area contributed by atoms with Gasteiger partial charge in [0.25, 0.3) is 0 Å². The predicted octanol–water partition coefficient (Wildman–Crippen LogP) is 4.31. The van der Waals surface area contributed by atoms with E-state index in [4.69, 9.17) is 23.7 Å². The smallest absolute Gasteiger partial charge is 0.337 e. The van der Waals surface area contributed by atoms with Crippen LogP contribution in [0.2, 0.25) is 0 Å². The Hall–Kier alpha value is -4.55. The molecule has 0 amide bonds. The number of benzene rings is 3. The lowest BCUT2D eigenvalue weighted by atomic mass is 10.0. The van der Waals surface area contributed by atoms with E-state index in [0.717, 1.165) is 11.1 Å². The van der Waals surface area contributed by atoms with Crippen molar-refractivity contribution in [3.63, 3.8) is 0 Å². The average Bonchev–Trinajstić information content (AvgIpc) is 2.89. The Kier molecular flexibility index (Phi) is 8.05. The van der Waals surface area contributed by atoms with Crippen LogP contribution in [0.1, 0.15) is 32.6 Å². The van der Waals surface area contributed by atoms with Crippen molar-refractivity contribution in [1.82, 2.24) is 0 Å². The fourth-order valence-electron chi connectivity index (χ4n) is 3.09. The first-order valence-electron chi connectivity index (χ1n) is 10.2. The molecule has 0 heterocycles. The van der Waals surface area contributed by atoms with Crippen molar-refractivity contribution in [3.8, 4) is 46.7 Å². The van der Waals surface area contributed by atoms with E-state index in [9.17, 15) is 4.79 Å². The molecular formula is C28H24O6. The third kappa shape index (κ3) is 5.62. The van der Waals surface area contributed by atoms with E-state index in [0.29, 0.717) is 39.7 Å². The monoisotopic (exact) mass is 456 g/mol. The first kappa shape index (κ1) is 24.1. The zero-order valence-electron chi connectivity index (χ0n) is 19.6. The van der Waals surface area contributed by atoms with Gasteiger partial charge in [-0.2, -0.15) is 0 Å². The normalized spacial score (nSPS) is 9.56. The molecule has 0 fully saturated rings. The molecule has 0 aliphatic rings. The van der Waals surface area contributed by atoms with E-state index in [1.807, 2.05) is 6.07 Å².